The molecule has 0 spiro atoms. The average Bonchev–Trinajstić information content (AvgIpc) is 2.48. The molecule has 0 aromatic heterocycles. The molecular weight excluding hydrogens is 274 g/mol. The van der Waals surface area contributed by atoms with Gasteiger partial charge < -0.3 is 15.5 Å². The van der Waals surface area contributed by atoms with Crippen LogP contribution in [0.5, 0.6) is 11.5 Å². The second kappa shape index (κ2) is 7.18. The van der Waals surface area contributed by atoms with Crippen LogP contribution in [0.4, 0.5) is 5.69 Å². The molecule has 0 bridgehead atoms. The molecule has 2 aromatic rings. The summed E-state index contributed by atoms with van der Waals surface area (Å²) < 4.78 is 0. The Hall–Kier alpha value is -2.94. The number of aromatic hydroxyl groups is 2. The van der Waals surface area contributed by atoms with Gasteiger partial charge in [0.15, 0.2) is 0 Å². The van der Waals surface area contributed by atoms with Gasteiger partial charge in [-0.3, -0.25) is 0 Å². The van der Waals surface area contributed by atoms with E-state index in [9.17, 15) is 10.2 Å². The summed E-state index contributed by atoms with van der Waals surface area (Å²) in [4.78, 5) is 0. The van der Waals surface area contributed by atoms with Gasteiger partial charge in [0.25, 0.3) is 0 Å². The largest absolute Gasteiger partial charge is 0.507 e. The van der Waals surface area contributed by atoms with Crippen molar-refractivity contribution in [3.8, 4) is 22.6 Å². The fourth-order valence-electron chi connectivity index (χ4n) is 2.06. The highest BCUT2D eigenvalue weighted by Gasteiger charge is 2.09. The summed E-state index contributed by atoms with van der Waals surface area (Å²) in [5.41, 5.74) is 2.94. The maximum atomic E-state index is 10.2. The molecule has 22 heavy (non-hydrogen) atoms. The molecule has 0 aliphatic carbocycles. The third-order valence-electron chi connectivity index (χ3n) is 3.15. The summed E-state index contributed by atoms with van der Waals surface area (Å²) in [5, 5.41) is 23.2. The van der Waals surface area contributed by atoms with Crippen molar-refractivity contribution in [2.75, 3.05) is 5.32 Å². The maximum absolute atomic E-state index is 10.2. The normalized spacial score (nSPS) is 11.1. The highest BCUT2D eigenvalue weighted by Crippen LogP contribution is 2.37. The lowest BCUT2D eigenvalue weighted by Crippen LogP contribution is -1.88. The zero-order chi connectivity index (χ0) is 15.9. The molecule has 3 N–H and O–H groups in total. The molecule has 0 saturated carbocycles. The third-order valence-corrected chi connectivity index (χ3v) is 3.15. The van der Waals surface area contributed by atoms with Crippen LogP contribution in [0.2, 0.25) is 0 Å². The number of phenolic OH excluding ortho intramolecular Hbond substituents is 2. The van der Waals surface area contributed by atoms with Crippen molar-refractivity contribution >= 4 is 5.69 Å². The molecule has 0 heterocycles. The van der Waals surface area contributed by atoms with Gasteiger partial charge >= 0.3 is 0 Å². The fourth-order valence-corrected chi connectivity index (χ4v) is 2.06. The molecule has 0 amide bonds. The Morgan fingerprint density at radius 2 is 1.59 bits per heavy atom. The molecule has 0 radical (unpaired) electrons. The number of benzene rings is 2. The van der Waals surface area contributed by atoms with Crippen molar-refractivity contribution in [2.45, 2.75) is 6.92 Å². The van der Waals surface area contributed by atoms with Crippen molar-refractivity contribution < 1.29 is 10.2 Å². The molecule has 2 aromatic carbocycles. The van der Waals surface area contributed by atoms with E-state index in [2.05, 4.69) is 11.9 Å². The first-order chi connectivity index (χ1) is 10.6. The quantitative estimate of drug-likeness (QED) is 0.698. The first-order valence-corrected chi connectivity index (χ1v) is 6.95. The van der Waals surface area contributed by atoms with Crippen LogP contribution < -0.4 is 5.32 Å². The van der Waals surface area contributed by atoms with Crippen LogP contribution in [0.3, 0.4) is 0 Å². The Morgan fingerprint density at radius 3 is 2.23 bits per heavy atom. The number of nitrogens with one attached hydrogen (secondary N) is 1. The van der Waals surface area contributed by atoms with Gasteiger partial charge in [-0.25, -0.2) is 0 Å². The van der Waals surface area contributed by atoms with Gasteiger partial charge in [-0.1, -0.05) is 36.9 Å². The van der Waals surface area contributed by atoms with Gasteiger partial charge in [-0.2, -0.15) is 0 Å². The van der Waals surface area contributed by atoms with E-state index in [4.69, 9.17) is 0 Å². The fraction of sp³-hybridized carbons (Fsp3) is 0.0526. The van der Waals surface area contributed by atoms with E-state index in [-0.39, 0.29) is 11.5 Å². The third kappa shape index (κ3) is 3.79. The minimum atomic E-state index is 0.110. The Kier molecular flexibility index (Phi) is 5.04. The second-order valence-corrected chi connectivity index (χ2v) is 4.88. The molecule has 0 aliphatic rings. The summed E-state index contributed by atoms with van der Waals surface area (Å²) in [6, 6.07) is 10.6. The Bertz CT molecular complexity index is 730. The zero-order valence-corrected chi connectivity index (χ0v) is 12.5. The topological polar surface area (TPSA) is 52.5 Å². The van der Waals surface area contributed by atoms with E-state index < -0.39 is 0 Å². The van der Waals surface area contributed by atoms with Crippen molar-refractivity contribution in [1.29, 1.82) is 0 Å². The van der Waals surface area contributed by atoms with Crippen molar-refractivity contribution in [3.05, 3.63) is 79.0 Å². The minimum Gasteiger partial charge on any atom is -0.507 e. The van der Waals surface area contributed by atoms with E-state index in [1.165, 1.54) is 0 Å². The molecule has 0 atom stereocenters. The number of allylic oxidation sites excluding steroid dienone is 4. The summed E-state index contributed by atoms with van der Waals surface area (Å²) in [6.45, 7) is 5.49. The van der Waals surface area contributed by atoms with Gasteiger partial charge in [0.2, 0.25) is 0 Å². The van der Waals surface area contributed by atoms with Crippen LogP contribution in [0.1, 0.15) is 5.56 Å². The van der Waals surface area contributed by atoms with Crippen LogP contribution >= 0.6 is 0 Å². The second-order valence-electron chi connectivity index (χ2n) is 4.88. The van der Waals surface area contributed by atoms with Crippen LogP contribution in [0.15, 0.2) is 73.5 Å². The first kappa shape index (κ1) is 15.4. The maximum Gasteiger partial charge on any atom is 0.125 e. The van der Waals surface area contributed by atoms with Gasteiger partial charge in [0.1, 0.15) is 11.5 Å². The average molecular weight is 293 g/mol. The highest BCUT2D eigenvalue weighted by molar-refractivity contribution is 5.77. The van der Waals surface area contributed by atoms with Gasteiger partial charge in [0.05, 0.1) is 0 Å². The van der Waals surface area contributed by atoms with Crippen LogP contribution in [-0.4, -0.2) is 10.2 Å². The van der Waals surface area contributed by atoms with Crippen molar-refractivity contribution in [2.24, 2.45) is 0 Å². The number of aryl methyl sites for hydroxylation is 1. The molecule has 3 nitrogen and oxygen atoms in total. The predicted molar refractivity (Wildman–Crippen MR) is 92.0 cm³/mol. The van der Waals surface area contributed by atoms with Crippen LogP contribution in [0.25, 0.3) is 11.1 Å². The van der Waals surface area contributed by atoms with Gasteiger partial charge in [-0.15, -0.1) is 0 Å². The Morgan fingerprint density at radius 1 is 0.909 bits per heavy atom. The van der Waals surface area contributed by atoms with Crippen molar-refractivity contribution in [3.63, 3.8) is 0 Å². The lowest BCUT2D eigenvalue weighted by atomic mass is 10.0. The first-order valence-electron chi connectivity index (χ1n) is 6.95. The summed E-state index contributed by atoms with van der Waals surface area (Å²) >= 11 is 0. The Labute approximate surface area is 130 Å². The van der Waals surface area contributed by atoms with Gasteiger partial charge in [-0.05, 0) is 36.8 Å². The van der Waals surface area contributed by atoms with E-state index in [0.717, 1.165) is 11.3 Å². The minimum absolute atomic E-state index is 0.110. The van der Waals surface area contributed by atoms with E-state index in [0.29, 0.717) is 11.1 Å². The lowest BCUT2D eigenvalue weighted by Gasteiger charge is -2.10. The molecule has 112 valence electrons. The van der Waals surface area contributed by atoms with E-state index in [1.54, 1.807) is 36.5 Å². The standard InChI is InChI=1S/C19H19NO2/c1-3-4-5-6-11-20-15-8-10-17(19(22)13-15)16-9-7-14(2)12-18(16)21/h3-13,20-22H,1H2,2H3/b5-4-,11-6-. The highest BCUT2D eigenvalue weighted by atomic mass is 16.3. The summed E-state index contributed by atoms with van der Waals surface area (Å²) in [7, 11) is 0. The lowest BCUT2D eigenvalue weighted by molar-refractivity contribution is 0.469. The Balaban J connectivity index is 2.21. The number of rotatable bonds is 5. The smallest absolute Gasteiger partial charge is 0.125 e. The van der Waals surface area contributed by atoms with Crippen LogP contribution in [0, 0.1) is 6.92 Å². The summed E-state index contributed by atoms with van der Waals surface area (Å²) in [5.74, 6) is 0.268. The molecule has 0 fully saturated rings. The molecule has 3 heteroatoms. The molecule has 0 aliphatic heterocycles. The van der Waals surface area contributed by atoms with E-state index in [1.807, 2.05) is 37.3 Å². The SMILES string of the molecule is C=C/C=C\C=C/Nc1ccc(-c2ccc(C)cc2O)c(O)c1. The number of phenols is 2. The molecule has 2 rings (SSSR count). The number of hydrogen-bond donors (Lipinski definition) is 3. The predicted octanol–water partition coefficient (Wildman–Crippen LogP) is 4.74. The van der Waals surface area contributed by atoms with E-state index >= 15 is 0 Å². The zero-order valence-electron chi connectivity index (χ0n) is 12.5. The molecular formula is C19H19NO2. The van der Waals surface area contributed by atoms with Crippen LogP contribution in [-0.2, 0) is 0 Å². The molecule has 0 unspecified atom stereocenters. The molecule has 0 saturated heterocycles. The van der Waals surface area contributed by atoms with Crippen molar-refractivity contribution in [1.82, 2.24) is 0 Å². The number of anilines is 1. The summed E-state index contributed by atoms with van der Waals surface area (Å²) in [6.07, 6.45) is 8.95. The monoisotopic (exact) mass is 293 g/mol. The number of hydrogen-bond acceptors (Lipinski definition) is 3. The van der Waals surface area contributed by atoms with Gasteiger partial charge in [0, 0.05) is 29.1 Å².